The predicted octanol–water partition coefficient (Wildman–Crippen LogP) is 1.07. The van der Waals surface area contributed by atoms with E-state index in [0.29, 0.717) is 0 Å². The monoisotopic (exact) mass is 284 g/mol. The van der Waals surface area contributed by atoms with Crippen LogP contribution in [-0.4, -0.2) is 43.4 Å². The number of hydrogen-bond acceptors (Lipinski definition) is 6. The lowest BCUT2D eigenvalue weighted by atomic mass is 9.99. The summed E-state index contributed by atoms with van der Waals surface area (Å²) in [6.07, 6.45) is -2.88. The van der Waals surface area contributed by atoms with E-state index in [-0.39, 0.29) is 12.2 Å². The highest BCUT2D eigenvalue weighted by Crippen LogP contribution is 2.14. The molecule has 112 valence electrons. The van der Waals surface area contributed by atoms with Crippen molar-refractivity contribution < 1.29 is 29.5 Å². The van der Waals surface area contributed by atoms with Gasteiger partial charge in [-0.25, -0.2) is 19.6 Å². The number of aliphatic hydroxyl groups excluding tert-OH is 1. The highest BCUT2D eigenvalue weighted by Gasteiger charge is 2.35. The molecule has 3 atom stereocenters. The zero-order valence-electron chi connectivity index (χ0n) is 11.8. The van der Waals surface area contributed by atoms with Crippen LogP contribution in [0.3, 0.4) is 0 Å². The van der Waals surface area contributed by atoms with Gasteiger partial charge in [-0.05, 0) is 12.5 Å². The molecule has 1 N–H and O–H groups in total. The van der Waals surface area contributed by atoms with E-state index in [1.165, 1.54) is 21.1 Å². The molecule has 0 aromatic heterocycles. The lowest BCUT2D eigenvalue weighted by Gasteiger charge is -2.25. The normalized spacial score (nSPS) is 15.6. The maximum absolute atomic E-state index is 12.3. The number of Topliss-reactive ketones (excluding diaryl/α,β-unsaturated/α-hetero) is 1. The van der Waals surface area contributed by atoms with E-state index in [1.807, 2.05) is 30.3 Å². The van der Waals surface area contributed by atoms with Gasteiger partial charge in [0.15, 0.2) is 18.0 Å². The van der Waals surface area contributed by atoms with E-state index < -0.39 is 18.3 Å². The first-order chi connectivity index (χ1) is 9.60. The quantitative estimate of drug-likeness (QED) is 0.540. The smallest absolute Gasteiger partial charge is 0.183 e. The average molecular weight is 284 g/mol. The molecule has 0 bridgehead atoms. The fourth-order valence-corrected chi connectivity index (χ4v) is 1.79. The fraction of sp³-hybridized carbons (Fsp3) is 0.500. The van der Waals surface area contributed by atoms with E-state index in [9.17, 15) is 9.90 Å². The third-order valence-corrected chi connectivity index (χ3v) is 2.72. The van der Waals surface area contributed by atoms with Crippen molar-refractivity contribution in [3.8, 4) is 0 Å². The number of hydrogen-bond donors (Lipinski definition) is 1. The molecule has 0 radical (unpaired) electrons. The summed E-state index contributed by atoms with van der Waals surface area (Å²) < 4.78 is 0. The van der Waals surface area contributed by atoms with E-state index >= 15 is 0 Å². The molecule has 0 aliphatic carbocycles. The van der Waals surface area contributed by atoms with Crippen LogP contribution in [0.4, 0.5) is 0 Å². The second-order valence-corrected chi connectivity index (χ2v) is 4.28. The van der Waals surface area contributed by atoms with Gasteiger partial charge in [0.2, 0.25) is 0 Å². The second kappa shape index (κ2) is 8.78. The molecule has 6 nitrogen and oxygen atoms in total. The summed E-state index contributed by atoms with van der Waals surface area (Å²) in [5.41, 5.74) is 0.837. The number of ketones is 1. The van der Waals surface area contributed by atoms with Crippen LogP contribution >= 0.6 is 0 Å². The fourth-order valence-electron chi connectivity index (χ4n) is 1.79. The van der Waals surface area contributed by atoms with Gasteiger partial charge in [-0.3, -0.25) is 4.79 Å². The zero-order chi connectivity index (χ0) is 15.0. The Balaban J connectivity index is 2.80. The Kier molecular flexibility index (Phi) is 7.35. The van der Waals surface area contributed by atoms with Gasteiger partial charge in [0.1, 0.15) is 0 Å². The summed E-state index contributed by atoms with van der Waals surface area (Å²) in [5.74, 6) is -0.277. The standard InChI is InChI=1S/C14H20O6/c1-10(15)13(19-17-2)14(20-18-3)12(16)9-11-7-5-4-6-8-11/h4-8,10,13-15H,9H2,1-3H3/t10-,13-,14-/m0/s1. The molecule has 0 saturated carbocycles. The van der Waals surface area contributed by atoms with Crippen molar-refractivity contribution in [3.05, 3.63) is 35.9 Å². The summed E-state index contributed by atoms with van der Waals surface area (Å²) in [6, 6.07) is 9.20. The van der Waals surface area contributed by atoms with Gasteiger partial charge in [0, 0.05) is 6.42 Å². The molecule has 0 heterocycles. The summed E-state index contributed by atoms with van der Waals surface area (Å²) in [6.45, 7) is 1.48. The highest BCUT2D eigenvalue weighted by atomic mass is 17.2. The van der Waals surface area contributed by atoms with Crippen molar-refractivity contribution in [1.82, 2.24) is 0 Å². The van der Waals surface area contributed by atoms with Crippen LogP contribution in [0.2, 0.25) is 0 Å². The van der Waals surface area contributed by atoms with E-state index in [0.717, 1.165) is 5.56 Å². The molecule has 0 amide bonds. The molecule has 0 aliphatic rings. The molecule has 0 unspecified atom stereocenters. The van der Waals surface area contributed by atoms with Crippen LogP contribution in [-0.2, 0) is 30.8 Å². The first kappa shape index (κ1) is 16.7. The topological polar surface area (TPSA) is 74.2 Å². The second-order valence-electron chi connectivity index (χ2n) is 4.28. The Bertz CT molecular complexity index is 392. The Labute approximate surface area is 118 Å². The molecule has 0 fully saturated rings. The largest absolute Gasteiger partial charge is 0.390 e. The van der Waals surface area contributed by atoms with Crippen molar-refractivity contribution in [2.45, 2.75) is 31.7 Å². The van der Waals surface area contributed by atoms with Gasteiger partial charge in [0.25, 0.3) is 0 Å². The Morgan fingerprint density at radius 1 is 1.15 bits per heavy atom. The number of carbonyl (C=O) groups is 1. The average Bonchev–Trinajstić information content (AvgIpc) is 2.43. The van der Waals surface area contributed by atoms with Crippen LogP contribution < -0.4 is 0 Å². The van der Waals surface area contributed by atoms with Crippen molar-refractivity contribution >= 4 is 5.78 Å². The number of carbonyl (C=O) groups excluding carboxylic acids is 1. The van der Waals surface area contributed by atoms with E-state index in [2.05, 4.69) is 9.78 Å². The van der Waals surface area contributed by atoms with Crippen molar-refractivity contribution in [2.24, 2.45) is 0 Å². The molecule has 1 rings (SSSR count). The van der Waals surface area contributed by atoms with Crippen molar-refractivity contribution in [3.63, 3.8) is 0 Å². The molecule has 0 spiro atoms. The molecule has 0 aliphatic heterocycles. The first-order valence-corrected chi connectivity index (χ1v) is 6.23. The van der Waals surface area contributed by atoms with Gasteiger partial charge >= 0.3 is 0 Å². The SMILES string of the molecule is COO[C@@H]([C@H](C)O)[C@@H](OOC)C(=O)Cc1ccccc1. The van der Waals surface area contributed by atoms with E-state index in [1.54, 1.807) is 0 Å². The maximum Gasteiger partial charge on any atom is 0.183 e. The van der Waals surface area contributed by atoms with Crippen LogP contribution in [0.5, 0.6) is 0 Å². The molecule has 1 aromatic rings. The van der Waals surface area contributed by atoms with Crippen LogP contribution in [0.15, 0.2) is 30.3 Å². The third-order valence-electron chi connectivity index (χ3n) is 2.72. The first-order valence-electron chi connectivity index (χ1n) is 6.23. The minimum Gasteiger partial charge on any atom is -0.390 e. The molecule has 1 aromatic carbocycles. The maximum atomic E-state index is 12.3. The van der Waals surface area contributed by atoms with Gasteiger partial charge in [0.05, 0.1) is 20.3 Å². The predicted molar refractivity (Wildman–Crippen MR) is 70.6 cm³/mol. The summed E-state index contributed by atoms with van der Waals surface area (Å²) in [5, 5.41) is 9.66. The van der Waals surface area contributed by atoms with Gasteiger partial charge < -0.3 is 5.11 Å². The van der Waals surface area contributed by atoms with Crippen molar-refractivity contribution in [1.29, 1.82) is 0 Å². The van der Waals surface area contributed by atoms with Gasteiger partial charge in [-0.15, -0.1) is 0 Å². The highest BCUT2D eigenvalue weighted by molar-refractivity contribution is 5.85. The van der Waals surface area contributed by atoms with Crippen LogP contribution in [0.25, 0.3) is 0 Å². The Morgan fingerprint density at radius 2 is 1.75 bits per heavy atom. The molecular weight excluding hydrogens is 264 g/mol. The lowest BCUT2D eigenvalue weighted by molar-refractivity contribution is -0.376. The molecular formula is C14H20O6. The minimum absolute atomic E-state index is 0.144. The van der Waals surface area contributed by atoms with Crippen LogP contribution in [0.1, 0.15) is 12.5 Å². The van der Waals surface area contributed by atoms with Crippen molar-refractivity contribution in [2.75, 3.05) is 14.2 Å². The minimum atomic E-state index is -1.08. The van der Waals surface area contributed by atoms with E-state index in [4.69, 9.17) is 9.78 Å². The molecule has 0 saturated heterocycles. The summed E-state index contributed by atoms with van der Waals surface area (Å²) in [4.78, 5) is 31.2. The van der Waals surface area contributed by atoms with Crippen LogP contribution in [0, 0.1) is 0 Å². The Hall–Kier alpha value is -1.31. The van der Waals surface area contributed by atoms with Gasteiger partial charge in [-0.2, -0.15) is 0 Å². The number of benzene rings is 1. The zero-order valence-corrected chi connectivity index (χ0v) is 11.8. The number of rotatable bonds is 9. The molecule has 20 heavy (non-hydrogen) atoms. The number of aliphatic hydroxyl groups is 1. The Morgan fingerprint density at radius 3 is 2.25 bits per heavy atom. The summed E-state index contributed by atoms with van der Waals surface area (Å²) >= 11 is 0. The summed E-state index contributed by atoms with van der Waals surface area (Å²) in [7, 11) is 2.58. The van der Waals surface area contributed by atoms with Gasteiger partial charge in [-0.1, -0.05) is 30.3 Å². The lowest BCUT2D eigenvalue weighted by Crippen LogP contribution is -2.45. The third kappa shape index (κ3) is 4.99. The molecule has 6 heteroatoms.